The van der Waals surface area contributed by atoms with E-state index in [2.05, 4.69) is 22.5 Å². The van der Waals surface area contributed by atoms with Gasteiger partial charge in [0.25, 0.3) is 0 Å². The Kier molecular flexibility index (Phi) is 7.09. The van der Waals surface area contributed by atoms with Crippen LogP contribution in [-0.4, -0.2) is 43.1 Å². The van der Waals surface area contributed by atoms with Gasteiger partial charge in [-0.15, -0.1) is 0 Å². The van der Waals surface area contributed by atoms with E-state index >= 15 is 0 Å². The monoisotopic (exact) mass is 385 g/mol. The summed E-state index contributed by atoms with van der Waals surface area (Å²) in [6, 6.07) is 7.28. The molecule has 6 nitrogen and oxygen atoms in total. The second kappa shape index (κ2) is 9.73. The minimum absolute atomic E-state index is 0.276. The fourth-order valence-electron chi connectivity index (χ4n) is 3.91. The highest BCUT2D eigenvalue weighted by atomic mass is 16.5. The zero-order valence-electron chi connectivity index (χ0n) is 16.9. The molecule has 28 heavy (non-hydrogen) atoms. The molecule has 1 atom stereocenters. The Morgan fingerprint density at radius 3 is 2.39 bits per heavy atom. The Labute approximate surface area is 167 Å². The maximum atomic E-state index is 12.8. The summed E-state index contributed by atoms with van der Waals surface area (Å²) in [5.41, 5.74) is 3.28. The van der Waals surface area contributed by atoms with Crippen LogP contribution in [0.4, 0.5) is 4.79 Å². The predicted molar refractivity (Wildman–Crippen MR) is 109 cm³/mol. The Hall–Kier alpha value is -2.34. The summed E-state index contributed by atoms with van der Waals surface area (Å²) in [6.45, 7) is 6.73. The summed E-state index contributed by atoms with van der Waals surface area (Å²) >= 11 is 0. The van der Waals surface area contributed by atoms with Gasteiger partial charge >= 0.3 is 12.0 Å². The summed E-state index contributed by atoms with van der Waals surface area (Å²) in [5.74, 6) is -0.371. The number of urea groups is 1. The lowest BCUT2D eigenvalue weighted by Crippen LogP contribution is -2.48. The number of nitrogens with zero attached hydrogens (tertiary/aromatic N) is 1. The first-order chi connectivity index (χ1) is 13.6. The molecule has 1 aromatic rings. The second-order valence-electron chi connectivity index (χ2n) is 7.43. The van der Waals surface area contributed by atoms with Crippen LogP contribution in [0.2, 0.25) is 0 Å². The number of aryl methyl sites for hydroxylation is 1. The molecule has 0 saturated carbocycles. The first-order valence-electron chi connectivity index (χ1n) is 10.4. The average Bonchev–Trinajstić information content (AvgIpc) is 2.96. The standard InChI is InChI=1S/C22H31N3O3/c1-3-16-9-11-17(12-10-16)20-19(21(26)28-4-2)18(23-22(27)24-20)15-25-13-7-5-6-8-14-25/h9-12,20H,3-8,13-15H2,1-2H3,(H2,23,24,27). The molecule has 1 unspecified atom stereocenters. The van der Waals surface area contributed by atoms with Crippen molar-refractivity contribution in [1.82, 2.24) is 15.5 Å². The van der Waals surface area contributed by atoms with Crippen molar-refractivity contribution in [3.8, 4) is 0 Å². The molecule has 0 bridgehead atoms. The Morgan fingerprint density at radius 1 is 1.11 bits per heavy atom. The number of carbonyl (C=O) groups excluding carboxylic acids is 2. The highest BCUT2D eigenvalue weighted by Crippen LogP contribution is 2.29. The van der Waals surface area contributed by atoms with Crippen molar-refractivity contribution in [3.63, 3.8) is 0 Å². The molecule has 6 heteroatoms. The van der Waals surface area contributed by atoms with E-state index in [0.717, 1.165) is 37.9 Å². The van der Waals surface area contributed by atoms with Crippen LogP contribution in [0.1, 0.15) is 56.7 Å². The number of likely N-dealkylation sites (tertiary alicyclic amines) is 1. The fraction of sp³-hybridized carbons (Fsp3) is 0.545. The predicted octanol–water partition coefficient (Wildman–Crippen LogP) is 3.30. The largest absolute Gasteiger partial charge is 0.463 e. The average molecular weight is 386 g/mol. The lowest BCUT2D eigenvalue weighted by molar-refractivity contribution is -0.139. The maximum absolute atomic E-state index is 12.8. The molecular weight excluding hydrogens is 354 g/mol. The van der Waals surface area contributed by atoms with Crippen LogP contribution in [0.3, 0.4) is 0 Å². The Bertz CT molecular complexity index is 719. The van der Waals surface area contributed by atoms with Gasteiger partial charge in [-0.25, -0.2) is 9.59 Å². The molecule has 0 aromatic heterocycles. The van der Waals surface area contributed by atoms with Gasteiger partial charge in [-0.2, -0.15) is 0 Å². The summed E-state index contributed by atoms with van der Waals surface area (Å²) in [5, 5.41) is 5.79. The number of esters is 1. The van der Waals surface area contributed by atoms with Crippen LogP contribution in [0.25, 0.3) is 0 Å². The zero-order chi connectivity index (χ0) is 19.9. The SMILES string of the molecule is CCOC(=O)C1=C(CN2CCCCCC2)NC(=O)NC1c1ccc(CC)cc1. The van der Waals surface area contributed by atoms with Gasteiger partial charge in [0, 0.05) is 12.2 Å². The van der Waals surface area contributed by atoms with E-state index in [1.807, 2.05) is 24.3 Å². The molecule has 3 rings (SSSR count). The maximum Gasteiger partial charge on any atom is 0.338 e. The number of hydrogen-bond donors (Lipinski definition) is 2. The van der Waals surface area contributed by atoms with E-state index in [0.29, 0.717) is 24.4 Å². The van der Waals surface area contributed by atoms with E-state index in [4.69, 9.17) is 4.74 Å². The highest BCUT2D eigenvalue weighted by molar-refractivity contribution is 5.95. The zero-order valence-corrected chi connectivity index (χ0v) is 16.9. The summed E-state index contributed by atoms with van der Waals surface area (Å²) in [7, 11) is 0. The van der Waals surface area contributed by atoms with Gasteiger partial charge < -0.3 is 15.4 Å². The third-order valence-corrected chi connectivity index (χ3v) is 5.45. The van der Waals surface area contributed by atoms with Crippen molar-refractivity contribution in [1.29, 1.82) is 0 Å². The van der Waals surface area contributed by atoms with E-state index in [1.165, 1.54) is 18.4 Å². The van der Waals surface area contributed by atoms with Gasteiger partial charge in [-0.1, -0.05) is 44.0 Å². The van der Waals surface area contributed by atoms with Gasteiger partial charge in [0.2, 0.25) is 0 Å². The highest BCUT2D eigenvalue weighted by Gasteiger charge is 2.34. The minimum atomic E-state index is -0.499. The molecule has 2 heterocycles. The molecule has 2 aliphatic heterocycles. The molecule has 0 radical (unpaired) electrons. The summed E-state index contributed by atoms with van der Waals surface area (Å²) < 4.78 is 5.35. The van der Waals surface area contributed by atoms with Gasteiger partial charge in [0.05, 0.1) is 18.2 Å². The van der Waals surface area contributed by atoms with Gasteiger partial charge in [-0.05, 0) is 50.4 Å². The van der Waals surface area contributed by atoms with Gasteiger partial charge in [0.15, 0.2) is 0 Å². The van der Waals surface area contributed by atoms with Crippen LogP contribution >= 0.6 is 0 Å². The molecule has 152 valence electrons. The number of ether oxygens (including phenoxy) is 1. The van der Waals surface area contributed by atoms with Crippen molar-refractivity contribution >= 4 is 12.0 Å². The van der Waals surface area contributed by atoms with Crippen molar-refractivity contribution in [2.45, 2.75) is 52.0 Å². The Balaban J connectivity index is 1.95. The lowest BCUT2D eigenvalue weighted by atomic mass is 9.94. The summed E-state index contributed by atoms with van der Waals surface area (Å²) in [6.07, 6.45) is 5.72. The van der Waals surface area contributed by atoms with E-state index in [-0.39, 0.29) is 12.0 Å². The van der Waals surface area contributed by atoms with Crippen molar-refractivity contribution in [3.05, 3.63) is 46.7 Å². The number of nitrogens with one attached hydrogen (secondary N) is 2. The molecule has 0 aliphatic carbocycles. The quantitative estimate of drug-likeness (QED) is 0.737. The van der Waals surface area contributed by atoms with Crippen LogP contribution in [-0.2, 0) is 16.0 Å². The molecule has 1 saturated heterocycles. The summed E-state index contributed by atoms with van der Waals surface area (Å²) in [4.78, 5) is 27.6. The van der Waals surface area contributed by atoms with Gasteiger partial charge in [-0.3, -0.25) is 4.90 Å². The van der Waals surface area contributed by atoms with Crippen molar-refractivity contribution in [2.75, 3.05) is 26.2 Å². The topological polar surface area (TPSA) is 70.7 Å². The lowest BCUT2D eigenvalue weighted by Gasteiger charge is -2.32. The van der Waals surface area contributed by atoms with Crippen LogP contribution in [0, 0.1) is 0 Å². The third kappa shape index (κ3) is 4.93. The van der Waals surface area contributed by atoms with E-state index in [1.54, 1.807) is 6.92 Å². The number of carbonyl (C=O) groups is 2. The fourth-order valence-corrected chi connectivity index (χ4v) is 3.91. The molecule has 1 fully saturated rings. The van der Waals surface area contributed by atoms with Crippen LogP contribution in [0.15, 0.2) is 35.5 Å². The molecular formula is C22H31N3O3. The van der Waals surface area contributed by atoms with Crippen molar-refractivity contribution < 1.29 is 14.3 Å². The first kappa shape index (κ1) is 20.4. The molecule has 2 aliphatic rings. The second-order valence-corrected chi connectivity index (χ2v) is 7.43. The number of benzene rings is 1. The van der Waals surface area contributed by atoms with E-state index < -0.39 is 6.04 Å². The smallest absolute Gasteiger partial charge is 0.338 e. The first-order valence-corrected chi connectivity index (χ1v) is 10.4. The normalized spacial score (nSPS) is 20.9. The van der Waals surface area contributed by atoms with E-state index in [9.17, 15) is 9.59 Å². The van der Waals surface area contributed by atoms with Crippen LogP contribution in [0.5, 0.6) is 0 Å². The molecule has 0 spiro atoms. The number of rotatable bonds is 6. The minimum Gasteiger partial charge on any atom is -0.463 e. The third-order valence-electron chi connectivity index (χ3n) is 5.45. The molecule has 1 aromatic carbocycles. The molecule has 2 amide bonds. The van der Waals surface area contributed by atoms with Crippen LogP contribution < -0.4 is 10.6 Å². The van der Waals surface area contributed by atoms with Crippen molar-refractivity contribution in [2.24, 2.45) is 0 Å². The Morgan fingerprint density at radius 2 is 1.79 bits per heavy atom. The number of amides is 2. The molecule has 2 N–H and O–H groups in total. The van der Waals surface area contributed by atoms with Gasteiger partial charge in [0.1, 0.15) is 0 Å². The number of hydrogen-bond acceptors (Lipinski definition) is 4.